The van der Waals surface area contributed by atoms with E-state index in [1.165, 1.54) is 31.5 Å². The Kier molecular flexibility index (Phi) is 6.04. The van der Waals surface area contributed by atoms with Crippen molar-refractivity contribution in [2.45, 2.75) is 31.3 Å². The van der Waals surface area contributed by atoms with Crippen molar-refractivity contribution >= 4 is 15.8 Å². The fourth-order valence-electron chi connectivity index (χ4n) is 2.87. The van der Waals surface area contributed by atoms with Gasteiger partial charge in [-0.25, -0.2) is 13.1 Å². The van der Waals surface area contributed by atoms with E-state index in [4.69, 9.17) is 4.74 Å². The predicted molar refractivity (Wildman–Crippen MR) is 105 cm³/mol. The Labute approximate surface area is 168 Å². The third kappa shape index (κ3) is 4.33. The number of methoxy groups -OCH3 is 1. The predicted octanol–water partition coefficient (Wildman–Crippen LogP) is 1.97. The number of benzene rings is 1. The molecule has 0 unspecified atom stereocenters. The molecule has 152 valence electrons. The number of rotatable bonds is 8. The van der Waals surface area contributed by atoms with Crippen LogP contribution >= 0.6 is 0 Å². The molecule has 0 spiro atoms. The highest BCUT2D eigenvalue weighted by molar-refractivity contribution is 7.89. The van der Waals surface area contributed by atoms with Crippen LogP contribution in [0.3, 0.4) is 0 Å². The molecule has 1 aromatic carbocycles. The first-order valence-corrected chi connectivity index (χ1v) is 10.4. The molecule has 0 saturated heterocycles. The van der Waals surface area contributed by atoms with Crippen molar-refractivity contribution in [3.63, 3.8) is 0 Å². The second-order valence-electron chi connectivity index (χ2n) is 6.20. The molecule has 0 saturated carbocycles. The smallest absolute Gasteiger partial charge is 0.316 e. The van der Waals surface area contributed by atoms with Gasteiger partial charge in [-0.15, -0.1) is 5.10 Å². The Morgan fingerprint density at radius 3 is 2.66 bits per heavy atom. The Hall–Kier alpha value is -3.11. The molecule has 0 fully saturated rings. The van der Waals surface area contributed by atoms with Crippen LogP contribution in [0.25, 0.3) is 0 Å². The topological polar surface area (TPSA) is 116 Å². The summed E-state index contributed by atoms with van der Waals surface area (Å²) >= 11 is 0. The number of sulfonamides is 1. The van der Waals surface area contributed by atoms with Crippen LogP contribution in [-0.4, -0.2) is 41.1 Å². The molecule has 0 amide bonds. The number of carbonyl (C=O) groups excluding carboxylic acids is 1. The summed E-state index contributed by atoms with van der Waals surface area (Å²) in [5.74, 6) is 0.0693. The van der Waals surface area contributed by atoms with Gasteiger partial charge in [0.15, 0.2) is 5.82 Å². The van der Waals surface area contributed by atoms with Gasteiger partial charge in [-0.05, 0) is 38.1 Å². The molecule has 0 bridgehead atoms. The van der Waals surface area contributed by atoms with E-state index in [0.717, 1.165) is 0 Å². The Balaban J connectivity index is 1.86. The minimum Gasteiger partial charge on any atom is -0.467 e. The lowest BCUT2D eigenvalue weighted by molar-refractivity contribution is 0.103. The van der Waals surface area contributed by atoms with Crippen molar-refractivity contribution in [3.8, 4) is 6.01 Å². The molecular formula is C19H21N5O4S. The number of pyridine rings is 1. The molecule has 0 aliphatic carbocycles. The standard InChI is InChI=1S/C19H21N5O4S/c1-4-24-18(21-22-19(24)28-3)13(2)23-29(26,27)15-9-7-8-14(12-15)17(25)16-10-5-6-11-20-16/h5-13,23H,4H2,1-3H3/t13-/m1/s1. The van der Waals surface area contributed by atoms with E-state index in [2.05, 4.69) is 19.9 Å². The van der Waals surface area contributed by atoms with Crippen molar-refractivity contribution in [1.82, 2.24) is 24.5 Å². The van der Waals surface area contributed by atoms with Crippen molar-refractivity contribution in [1.29, 1.82) is 0 Å². The zero-order valence-electron chi connectivity index (χ0n) is 16.2. The van der Waals surface area contributed by atoms with E-state index in [-0.39, 0.29) is 21.9 Å². The summed E-state index contributed by atoms with van der Waals surface area (Å²) in [6, 6.07) is 10.4. The molecule has 2 heterocycles. The third-order valence-corrected chi connectivity index (χ3v) is 5.81. The van der Waals surface area contributed by atoms with Gasteiger partial charge in [-0.3, -0.25) is 14.3 Å². The summed E-state index contributed by atoms with van der Waals surface area (Å²) in [7, 11) is -2.44. The van der Waals surface area contributed by atoms with Crippen molar-refractivity contribution in [3.05, 3.63) is 65.7 Å². The normalized spacial score (nSPS) is 12.5. The highest BCUT2D eigenvalue weighted by Gasteiger charge is 2.24. The fraction of sp³-hybridized carbons (Fsp3) is 0.263. The van der Waals surface area contributed by atoms with Crippen LogP contribution in [0.15, 0.2) is 53.6 Å². The maximum Gasteiger partial charge on any atom is 0.316 e. The number of hydrogen-bond acceptors (Lipinski definition) is 7. The van der Waals surface area contributed by atoms with E-state index in [1.807, 2.05) is 6.92 Å². The second-order valence-corrected chi connectivity index (χ2v) is 7.92. The minimum absolute atomic E-state index is 0.0272. The SMILES string of the molecule is CCn1c(OC)nnc1[C@@H](C)NS(=O)(=O)c1cccc(C(=O)c2ccccn2)c1. The van der Waals surface area contributed by atoms with E-state index in [0.29, 0.717) is 18.4 Å². The van der Waals surface area contributed by atoms with Crippen molar-refractivity contribution in [2.24, 2.45) is 0 Å². The molecule has 3 rings (SSSR count). The molecule has 10 heteroatoms. The summed E-state index contributed by atoms with van der Waals surface area (Å²) in [4.78, 5) is 16.6. The Morgan fingerprint density at radius 2 is 2.00 bits per heavy atom. The zero-order valence-corrected chi connectivity index (χ0v) is 17.0. The number of ether oxygens (including phenoxy) is 1. The van der Waals surface area contributed by atoms with Gasteiger partial charge >= 0.3 is 6.01 Å². The van der Waals surface area contributed by atoms with Gasteiger partial charge in [-0.2, -0.15) is 0 Å². The highest BCUT2D eigenvalue weighted by atomic mass is 32.2. The van der Waals surface area contributed by atoms with E-state index >= 15 is 0 Å². The van der Waals surface area contributed by atoms with Crippen LogP contribution in [-0.2, 0) is 16.6 Å². The lowest BCUT2D eigenvalue weighted by Gasteiger charge is -2.15. The van der Waals surface area contributed by atoms with Crippen molar-refractivity contribution in [2.75, 3.05) is 7.11 Å². The Bertz CT molecular complexity index is 1110. The van der Waals surface area contributed by atoms with Crippen molar-refractivity contribution < 1.29 is 17.9 Å². The summed E-state index contributed by atoms with van der Waals surface area (Å²) in [6.45, 7) is 4.06. The molecule has 2 aromatic heterocycles. The Morgan fingerprint density at radius 1 is 1.21 bits per heavy atom. The number of hydrogen-bond donors (Lipinski definition) is 1. The maximum atomic E-state index is 12.9. The van der Waals surface area contributed by atoms with Gasteiger partial charge in [0.1, 0.15) is 5.69 Å². The van der Waals surface area contributed by atoms with Gasteiger partial charge < -0.3 is 4.74 Å². The van der Waals surface area contributed by atoms with Gasteiger partial charge in [0.05, 0.1) is 18.0 Å². The van der Waals surface area contributed by atoms with Crippen LogP contribution in [0, 0.1) is 0 Å². The van der Waals surface area contributed by atoms with E-state index < -0.39 is 16.1 Å². The summed E-state index contributed by atoms with van der Waals surface area (Å²) < 4.78 is 35.1. The van der Waals surface area contributed by atoms with Gasteiger partial charge in [0, 0.05) is 18.3 Å². The average Bonchev–Trinajstić information content (AvgIpc) is 3.17. The molecule has 0 aliphatic rings. The first kappa shape index (κ1) is 20.6. The quantitative estimate of drug-likeness (QED) is 0.559. The largest absolute Gasteiger partial charge is 0.467 e. The molecule has 1 N–H and O–H groups in total. The average molecular weight is 415 g/mol. The van der Waals surface area contributed by atoms with Crippen LogP contribution in [0.4, 0.5) is 0 Å². The van der Waals surface area contributed by atoms with Crippen LogP contribution in [0.1, 0.15) is 41.8 Å². The molecule has 0 radical (unpaired) electrons. The molecule has 1 atom stereocenters. The number of aromatic nitrogens is 4. The molecule has 9 nitrogen and oxygen atoms in total. The summed E-state index contributed by atoms with van der Waals surface area (Å²) in [5, 5.41) is 7.92. The molecular weight excluding hydrogens is 394 g/mol. The first-order valence-electron chi connectivity index (χ1n) is 8.92. The monoisotopic (exact) mass is 415 g/mol. The van der Waals surface area contributed by atoms with Gasteiger partial charge in [-0.1, -0.05) is 23.3 Å². The molecule has 0 aliphatic heterocycles. The van der Waals surface area contributed by atoms with Gasteiger partial charge in [0.25, 0.3) is 0 Å². The zero-order chi connectivity index (χ0) is 21.0. The van der Waals surface area contributed by atoms with Gasteiger partial charge in [0.2, 0.25) is 15.8 Å². The number of nitrogens with zero attached hydrogens (tertiary/aromatic N) is 4. The number of nitrogens with one attached hydrogen (secondary N) is 1. The number of ketones is 1. The lowest BCUT2D eigenvalue weighted by atomic mass is 10.1. The van der Waals surface area contributed by atoms with Crippen LogP contribution in [0.5, 0.6) is 6.01 Å². The fourth-order valence-corrected chi connectivity index (χ4v) is 4.12. The lowest BCUT2D eigenvalue weighted by Crippen LogP contribution is -2.29. The van der Waals surface area contributed by atoms with E-state index in [1.54, 1.807) is 35.8 Å². The minimum atomic E-state index is -3.91. The van der Waals surface area contributed by atoms with Crippen LogP contribution in [0.2, 0.25) is 0 Å². The highest BCUT2D eigenvalue weighted by Crippen LogP contribution is 2.20. The summed E-state index contributed by atoms with van der Waals surface area (Å²) in [6.07, 6.45) is 1.51. The number of carbonyl (C=O) groups is 1. The first-order chi connectivity index (χ1) is 13.9. The second kappa shape index (κ2) is 8.50. The maximum absolute atomic E-state index is 12.9. The molecule has 29 heavy (non-hydrogen) atoms. The van der Waals surface area contributed by atoms with Crippen LogP contribution < -0.4 is 9.46 Å². The molecule has 3 aromatic rings. The summed E-state index contributed by atoms with van der Waals surface area (Å²) in [5.41, 5.74) is 0.476. The third-order valence-electron chi connectivity index (χ3n) is 4.27. The van der Waals surface area contributed by atoms with E-state index in [9.17, 15) is 13.2 Å².